The van der Waals surface area contributed by atoms with Crippen LogP contribution < -0.4 is 10.6 Å². The molecule has 35 heavy (non-hydrogen) atoms. The summed E-state index contributed by atoms with van der Waals surface area (Å²) in [6.45, 7) is -0.255. The molecule has 0 heterocycles. The van der Waals surface area contributed by atoms with Crippen molar-refractivity contribution in [2.45, 2.75) is 50.4 Å². The van der Waals surface area contributed by atoms with E-state index in [9.17, 15) is 49.4 Å². The molecule has 2 aromatic carbocycles. The molecule has 4 nitrogen and oxygen atoms in total. The zero-order valence-electron chi connectivity index (χ0n) is 18.1. The maximum atomic E-state index is 13.7. The number of hydrogen-bond acceptors (Lipinski definition) is 3. The number of benzene rings is 2. The lowest BCUT2D eigenvalue weighted by Gasteiger charge is -2.32. The van der Waals surface area contributed by atoms with Crippen molar-refractivity contribution in [3.05, 3.63) is 64.7 Å². The van der Waals surface area contributed by atoms with E-state index in [1.165, 1.54) is 0 Å². The molecule has 0 spiro atoms. The number of nitrogens with one attached hydrogen (secondary N) is 2. The van der Waals surface area contributed by atoms with E-state index in [2.05, 4.69) is 5.32 Å². The molecule has 2 aromatic rings. The summed E-state index contributed by atoms with van der Waals surface area (Å²) >= 11 is 0. The summed E-state index contributed by atoms with van der Waals surface area (Å²) in [5.74, 6) is -0.487. The Hall–Kier alpha value is -2.96. The summed E-state index contributed by atoms with van der Waals surface area (Å²) in [4.78, 5) is 11.6. The Kier molecular flexibility index (Phi) is 8.36. The molecule has 1 atom stereocenters. The van der Waals surface area contributed by atoms with Gasteiger partial charge >= 0.3 is 18.5 Å². The second-order valence-electron chi connectivity index (χ2n) is 7.69. The van der Waals surface area contributed by atoms with E-state index in [4.69, 9.17) is 0 Å². The van der Waals surface area contributed by atoms with Crippen molar-refractivity contribution < 1.29 is 49.4 Å². The lowest BCUT2D eigenvalue weighted by atomic mass is 9.91. The monoisotopic (exact) mass is 516 g/mol. The Morgan fingerprint density at radius 1 is 0.886 bits per heavy atom. The molecule has 13 heteroatoms. The molecule has 0 radical (unpaired) electrons. The minimum Gasteiger partial charge on any atom is -0.381 e. The summed E-state index contributed by atoms with van der Waals surface area (Å²) in [6.07, 6.45) is -14.8. The maximum Gasteiger partial charge on any atom is 0.423 e. The highest BCUT2D eigenvalue weighted by Gasteiger charge is 2.55. The fraction of sp³-hybridized carbons (Fsp3) is 0.409. The number of alkyl halides is 9. The number of hydrogen-bond donors (Lipinski definition) is 3. The maximum absolute atomic E-state index is 13.7. The van der Waals surface area contributed by atoms with Gasteiger partial charge in [-0.2, -0.15) is 39.5 Å². The first-order valence-corrected chi connectivity index (χ1v) is 10.2. The molecule has 0 aliphatic rings. The lowest BCUT2D eigenvalue weighted by Crippen LogP contribution is -2.48. The van der Waals surface area contributed by atoms with Gasteiger partial charge < -0.3 is 15.7 Å². The summed E-state index contributed by atoms with van der Waals surface area (Å²) in [5.41, 5.74) is -8.49. The summed E-state index contributed by atoms with van der Waals surface area (Å²) < 4.78 is 120. The molecule has 0 aliphatic heterocycles. The van der Waals surface area contributed by atoms with Crippen LogP contribution in [0, 0.1) is 0 Å². The molecular weight excluding hydrogens is 495 g/mol. The Morgan fingerprint density at radius 2 is 1.51 bits per heavy atom. The van der Waals surface area contributed by atoms with Gasteiger partial charge in [0.15, 0.2) is 0 Å². The molecule has 3 N–H and O–H groups in total. The minimum absolute atomic E-state index is 0.0898. The summed E-state index contributed by atoms with van der Waals surface area (Å²) in [7, 11) is 0. The number of carbonyl (C=O) groups is 1. The van der Waals surface area contributed by atoms with Crippen molar-refractivity contribution in [2.75, 3.05) is 11.9 Å². The van der Waals surface area contributed by atoms with Gasteiger partial charge in [-0.25, -0.2) is 0 Å². The molecule has 0 aromatic heterocycles. The van der Waals surface area contributed by atoms with Gasteiger partial charge in [-0.1, -0.05) is 25.1 Å². The molecule has 0 aliphatic carbocycles. The van der Waals surface area contributed by atoms with Gasteiger partial charge in [0.25, 0.3) is 0 Å². The van der Waals surface area contributed by atoms with E-state index < -0.39 is 65.5 Å². The highest BCUT2D eigenvalue weighted by molar-refractivity contribution is 5.75. The highest BCUT2D eigenvalue weighted by atomic mass is 19.4. The van der Waals surface area contributed by atoms with E-state index in [0.717, 1.165) is 12.1 Å². The molecule has 0 bridgehead atoms. The zero-order chi connectivity index (χ0) is 26.7. The van der Waals surface area contributed by atoms with Gasteiger partial charge in [-0.3, -0.25) is 4.79 Å². The van der Waals surface area contributed by atoms with E-state index >= 15 is 0 Å². The lowest BCUT2D eigenvalue weighted by molar-refractivity contribution is -0.260. The van der Waals surface area contributed by atoms with Crippen LogP contribution >= 0.6 is 0 Å². The van der Waals surface area contributed by atoms with E-state index in [1.54, 1.807) is 6.92 Å². The quantitative estimate of drug-likeness (QED) is 0.377. The van der Waals surface area contributed by atoms with E-state index in [0.29, 0.717) is 30.7 Å². The molecular formula is C22H21F9N2O2. The Morgan fingerprint density at radius 3 is 2.06 bits per heavy atom. The van der Waals surface area contributed by atoms with Crippen molar-refractivity contribution in [3.8, 4) is 0 Å². The molecule has 0 unspecified atom stereocenters. The highest BCUT2D eigenvalue weighted by Crippen LogP contribution is 2.41. The largest absolute Gasteiger partial charge is 0.423 e. The van der Waals surface area contributed by atoms with Gasteiger partial charge in [0.2, 0.25) is 11.5 Å². The third-order valence-corrected chi connectivity index (χ3v) is 5.05. The van der Waals surface area contributed by atoms with Crippen LogP contribution in [0.5, 0.6) is 0 Å². The van der Waals surface area contributed by atoms with Crippen LogP contribution in [0.15, 0.2) is 42.5 Å². The normalized spacial score (nSPS) is 14.4. The first kappa shape index (κ1) is 28.3. The van der Waals surface area contributed by atoms with E-state index in [1.807, 2.05) is 5.32 Å². The Labute approximate surface area is 194 Å². The van der Waals surface area contributed by atoms with Gasteiger partial charge in [0.1, 0.15) is 0 Å². The van der Waals surface area contributed by atoms with Crippen molar-refractivity contribution in [3.63, 3.8) is 0 Å². The summed E-state index contributed by atoms with van der Waals surface area (Å²) in [6, 6.07) is 4.38. The molecule has 0 saturated heterocycles. The Bertz CT molecular complexity index is 1030. The van der Waals surface area contributed by atoms with Crippen molar-refractivity contribution in [1.82, 2.24) is 5.32 Å². The van der Waals surface area contributed by atoms with E-state index in [-0.39, 0.29) is 18.1 Å². The number of anilines is 1. The summed E-state index contributed by atoms with van der Waals surface area (Å²) in [5, 5.41) is 14.7. The first-order valence-electron chi connectivity index (χ1n) is 10.2. The third-order valence-electron chi connectivity index (χ3n) is 5.05. The number of amides is 1. The standard InChI is InChI=1S/C22H21F9N2O2/c1-2-4-18(34)32-11-13-7-8-16(10-17(13)21(26,27)28)33-12-19(35,22(29,30)31)14-5-3-6-15(9-14)20(23,24)25/h3,5-10,33,35H,2,4,11-12H2,1H3,(H,32,34)/t19-/m0/s1. The zero-order valence-corrected chi connectivity index (χ0v) is 18.1. The average molecular weight is 516 g/mol. The topological polar surface area (TPSA) is 61.4 Å². The van der Waals surface area contributed by atoms with Gasteiger partial charge in [-0.05, 0) is 41.8 Å². The van der Waals surface area contributed by atoms with Crippen LogP contribution in [-0.4, -0.2) is 23.7 Å². The fourth-order valence-electron chi connectivity index (χ4n) is 3.16. The molecule has 1 amide bonds. The fourth-order valence-corrected chi connectivity index (χ4v) is 3.16. The van der Waals surface area contributed by atoms with Crippen LogP contribution in [0.25, 0.3) is 0 Å². The molecule has 0 saturated carbocycles. The number of halogens is 9. The Balaban J connectivity index is 2.36. The van der Waals surface area contributed by atoms with Crippen LogP contribution in [0.1, 0.15) is 42.0 Å². The molecule has 194 valence electrons. The van der Waals surface area contributed by atoms with Gasteiger partial charge in [-0.15, -0.1) is 0 Å². The van der Waals surface area contributed by atoms with Crippen LogP contribution in [0.2, 0.25) is 0 Å². The SMILES string of the molecule is CCCC(=O)NCc1ccc(NC[C@](O)(c2cccc(C(F)(F)F)c2)C(F)(F)F)cc1C(F)(F)F. The third kappa shape index (κ3) is 7.03. The first-order chi connectivity index (χ1) is 16.0. The number of aliphatic hydroxyl groups is 1. The second kappa shape index (κ2) is 10.3. The average Bonchev–Trinajstić information content (AvgIpc) is 2.74. The van der Waals surface area contributed by atoms with Crippen molar-refractivity contribution >= 4 is 11.6 Å². The predicted molar refractivity (Wildman–Crippen MR) is 108 cm³/mol. The molecule has 2 rings (SSSR count). The molecule has 0 fully saturated rings. The smallest absolute Gasteiger partial charge is 0.381 e. The minimum atomic E-state index is -5.47. The predicted octanol–water partition coefficient (Wildman–Crippen LogP) is 6.00. The van der Waals surface area contributed by atoms with Crippen LogP contribution in [0.4, 0.5) is 45.2 Å². The van der Waals surface area contributed by atoms with Gasteiger partial charge in [0, 0.05) is 18.7 Å². The number of carbonyl (C=O) groups excluding carboxylic acids is 1. The van der Waals surface area contributed by atoms with Crippen molar-refractivity contribution in [1.29, 1.82) is 0 Å². The van der Waals surface area contributed by atoms with Crippen LogP contribution in [-0.2, 0) is 29.3 Å². The number of rotatable bonds is 8. The van der Waals surface area contributed by atoms with Crippen molar-refractivity contribution in [2.24, 2.45) is 0 Å². The van der Waals surface area contributed by atoms with Gasteiger partial charge in [0.05, 0.1) is 17.7 Å². The van der Waals surface area contributed by atoms with Crippen LogP contribution in [0.3, 0.4) is 0 Å². The second-order valence-corrected chi connectivity index (χ2v) is 7.69.